The minimum absolute atomic E-state index is 0.222. The smallest absolute Gasteiger partial charge is 0.221 e. The zero-order valence-electron chi connectivity index (χ0n) is 10.2. The Bertz CT molecular complexity index is 434. The lowest BCUT2D eigenvalue weighted by Crippen LogP contribution is -2.15. The number of rotatable bonds is 3. The van der Waals surface area contributed by atoms with Crippen molar-refractivity contribution in [3.63, 3.8) is 0 Å². The van der Waals surface area contributed by atoms with Gasteiger partial charge in [0.15, 0.2) is 0 Å². The summed E-state index contributed by atoms with van der Waals surface area (Å²) in [6.07, 6.45) is 4.83. The summed E-state index contributed by atoms with van der Waals surface area (Å²) in [6, 6.07) is 3.78. The molecule has 1 aliphatic carbocycles. The van der Waals surface area contributed by atoms with E-state index in [1.165, 1.54) is 12.8 Å². The van der Waals surface area contributed by atoms with Gasteiger partial charge in [-0.1, -0.05) is 25.0 Å². The van der Waals surface area contributed by atoms with E-state index < -0.39 is 0 Å². The van der Waals surface area contributed by atoms with Gasteiger partial charge in [-0.15, -0.1) is 0 Å². The fourth-order valence-corrected chi connectivity index (χ4v) is 2.77. The molecule has 0 saturated heterocycles. The van der Waals surface area contributed by atoms with Crippen molar-refractivity contribution in [2.24, 2.45) is 5.73 Å². The Morgan fingerprint density at radius 2 is 2.06 bits per heavy atom. The normalized spacial score (nSPS) is 16.3. The van der Waals surface area contributed by atoms with Gasteiger partial charge < -0.3 is 10.8 Å². The molecular weight excluding hydrogens is 214 g/mol. The van der Waals surface area contributed by atoms with Gasteiger partial charge in [0.05, 0.1) is 6.42 Å². The SMILES string of the molecule is Cc1ccc(CC(N)=O)c(C2CCCC2)c1O. The minimum Gasteiger partial charge on any atom is -0.507 e. The standard InChI is InChI=1S/C14H19NO2/c1-9-6-7-11(8-12(15)16)13(14(9)17)10-4-2-3-5-10/h6-7,10,17H,2-5,8H2,1H3,(H2,15,16). The molecule has 1 aromatic rings. The Hall–Kier alpha value is -1.51. The number of nitrogens with two attached hydrogens (primary N) is 1. The van der Waals surface area contributed by atoms with Crippen LogP contribution in [0.2, 0.25) is 0 Å². The molecule has 1 fully saturated rings. The Balaban J connectivity index is 2.43. The molecule has 1 aromatic carbocycles. The quantitative estimate of drug-likeness (QED) is 0.842. The second kappa shape index (κ2) is 4.78. The van der Waals surface area contributed by atoms with Crippen molar-refractivity contribution in [1.82, 2.24) is 0 Å². The molecule has 0 aromatic heterocycles. The monoisotopic (exact) mass is 233 g/mol. The van der Waals surface area contributed by atoms with E-state index in [4.69, 9.17) is 5.73 Å². The molecule has 1 amide bonds. The molecule has 3 heteroatoms. The van der Waals surface area contributed by atoms with Crippen molar-refractivity contribution >= 4 is 5.91 Å². The molecule has 0 atom stereocenters. The minimum atomic E-state index is -0.340. The Morgan fingerprint density at radius 1 is 1.41 bits per heavy atom. The molecule has 0 aliphatic heterocycles. The summed E-state index contributed by atoms with van der Waals surface area (Å²) >= 11 is 0. The van der Waals surface area contributed by atoms with E-state index in [0.29, 0.717) is 11.7 Å². The van der Waals surface area contributed by atoms with E-state index in [1.807, 2.05) is 19.1 Å². The third kappa shape index (κ3) is 2.43. The van der Waals surface area contributed by atoms with Gasteiger partial charge in [-0.2, -0.15) is 0 Å². The Kier molecular flexibility index (Phi) is 3.36. The van der Waals surface area contributed by atoms with Crippen molar-refractivity contribution in [2.75, 3.05) is 0 Å². The molecule has 3 N–H and O–H groups in total. The van der Waals surface area contributed by atoms with E-state index in [-0.39, 0.29) is 12.3 Å². The number of carbonyl (C=O) groups excluding carboxylic acids is 1. The predicted octanol–water partition coefficient (Wildman–Crippen LogP) is 2.39. The topological polar surface area (TPSA) is 63.3 Å². The predicted molar refractivity (Wildman–Crippen MR) is 67.0 cm³/mol. The zero-order chi connectivity index (χ0) is 12.4. The summed E-state index contributed by atoms with van der Waals surface area (Å²) in [5.41, 5.74) is 7.99. The molecule has 0 heterocycles. The van der Waals surface area contributed by atoms with Crippen LogP contribution in [0.15, 0.2) is 12.1 Å². The van der Waals surface area contributed by atoms with Crippen LogP contribution in [0.1, 0.15) is 48.3 Å². The van der Waals surface area contributed by atoms with Crippen LogP contribution in [0.25, 0.3) is 0 Å². The number of amides is 1. The fourth-order valence-electron chi connectivity index (χ4n) is 2.77. The van der Waals surface area contributed by atoms with Gasteiger partial charge in [-0.05, 0) is 36.8 Å². The van der Waals surface area contributed by atoms with E-state index >= 15 is 0 Å². The van der Waals surface area contributed by atoms with E-state index in [0.717, 1.165) is 29.5 Å². The van der Waals surface area contributed by atoms with Gasteiger partial charge >= 0.3 is 0 Å². The molecule has 0 unspecified atom stereocenters. The van der Waals surface area contributed by atoms with Gasteiger partial charge in [0.1, 0.15) is 5.75 Å². The number of carbonyl (C=O) groups is 1. The van der Waals surface area contributed by atoms with Gasteiger partial charge in [-0.3, -0.25) is 4.79 Å². The zero-order valence-corrected chi connectivity index (χ0v) is 10.2. The van der Waals surface area contributed by atoms with Crippen LogP contribution in [-0.2, 0) is 11.2 Å². The number of hydrogen-bond acceptors (Lipinski definition) is 2. The van der Waals surface area contributed by atoms with Gasteiger partial charge in [0, 0.05) is 5.56 Å². The van der Waals surface area contributed by atoms with Crippen LogP contribution in [-0.4, -0.2) is 11.0 Å². The van der Waals surface area contributed by atoms with Crippen LogP contribution in [0.4, 0.5) is 0 Å². The van der Waals surface area contributed by atoms with Gasteiger partial charge in [0.25, 0.3) is 0 Å². The van der Waals surface area contributed by atoms with Crippen molar-refractivity contribution in [1.29, 1.82) is 0 Å². The lowest BCUT2D eigenvalue weighted by Gasteiger charge is -2.18. The number of primary amides is 1. The first-order valence-electron chi connectivity index (χ1n) is 6.19. The average molecular weight is 233 g/mol. The highest BCUT2D eigenvalue weighted by molar-refractivity contribution is 5.77. The average Bonchev–Trinajstić information content (AvgIpc) is 2.76. The summed E-state index contributed by atoms with van der Waals surface area (Å²) in [6.45, 7) is 1.89. The molecule has 1 aliphatic rings. The summed E-state index contributed by atoms with van der Waals surface area (Å²) in [5.74, 6) is 0.410. The first-order chi connectivity index (χ1) is 8.09. The summed E-state index contributed by atoms with van der Waals surface area (Å²) in [7, 11) is 0. The Morgan fingerprint density at radius 3 is 2.65 bits per heavy atom. The van der Waals surface area contributed by atoms with E-state index in [9.17, 15) is 9.90 Å². The van der Waals surface area contributed by atoms with Crippen molar-refractivity contribution in [3.05, 3.63) is 28.8 Å². The van der Waals surface area contributed by atoms with Gasteiger partial charge in [-0.25, -0.2) is 0 Å². The number of benzene rings is 1. The molecule has 0 spiro atoms. The molecule has 0 radical (unpaired) electrons. The molecule has 92 valence electrons. The first kappa shape index (κ1) is 12.0. The summed E-state index contributed by atoms with van der Waals surface area (Å²) in [4.78, 5) is 11.1. The maximum Gasteiger partial charge on any atom is 0.221 e. The fraction of sp³-hybridized carbons (Fsp3) is 0.500. The third-order valence-electron chi connectivity index (χ3n) is 3.64. The molecule has 3 nitrogen and oxygen atoms in total. The molecular formula is C14H19NO2. The maximum absolute atomic E-state index is 11.1. The van der Waals surface area contributed by atoms with Crippen LogP contribution >= 0.6 is 0 Å². The summed E-state index contributed by atoms with van der Waals surface area (Å²) in [5, 5.41) is 10.2. The number of aromatic hydroxyl groups is 1. The lowest BCUT2D eigenvalue weighted by molar-refractivity contribution is -0.117. The largest absolute Gasteiger partial charge is 0.507 e. The first-order valence-corrected chi connectivity index (χ1v) is 6.19. The lowest BCUT2D eigenvalue weighted by atomic mass is 9.89. The molecule has 1 saturated carbocycles. The van der Waals surface area contributed by atoms with Crippen LogP contribution in [0, 0.1) is 6.92 Å². The van der Waals surface area contributed by atoms with Crippen molar-refractivity contribution in [3.8, 4) is 5.75 Å². The van der Waals surface area contributed by atoms with Crippen LogP contribution < -0.4 is 5.73 Å². The van der Waals surface area contributed by atoms with Crippen LogP contribution in [0.5, 0.6) is 5.75 Å². The van der Waals surface area contributed by atoms with Crippen molar-refractivity contribution < 1.29 is 9.90 Å². The van der Waals surface area contributed by atoms with Crippen LogP contribution in [0.3, 0.4) is 0 Å². The Labute approximate surface area is 102 Å². The molecule has 17 heavy (non-hydrogen) atoms. The number of phenolic OH excluding ortho intramolecular Hbond substituents is 1. The summed E-state index contributed by atoms with van der Waals surface area (Å²) < 4.78 is 0. The maximum atomic E-state index is 11.1. The highest BCUT2D eigenvalue weighted by Crippen LogP contribution is 2.41. The number of aryl methyl sites for hydroxylation is 1. The van der Waals surface area contributed by atoms with Gasteiger partial charge in [0.2, 0.25) is 5.91 Å². The number of hydrogen-bond donors (Lipinski definition) is 2. The van der Waals surface area contributed by atoms with E-state index in [1.54, 1.807) is 0 Å². The van der Waals surface area contributed by atoms with Crippen molar-refractivity contribution in [2.45, 2.75) is 44.9 Å². The highest BCUT2D eigenvalue weighted by atomic mass is 16.3. The second-order valence-corrected chi connectivity index (χ2v) is 4.93. The second-order valence-electron chi connectivity index (χ2n) is 4.93. The molecule has 0 bridgehead atoms. The van der Waals surface area contributed by atoms with E-state index in [2.05, 4.69) is 0 Å². The number of phenols is 1. The molecule has 2 rings (SSSR count). The highest BCUT2D eigenvalue weighted by Gasteiger charge is 2.24. The third-order valence-corrected chi connectivity index (χ3v) is 3.64.